The summed E-state index contributed by atoms with van der Waals surface area (Å²) in [6, 6.07) is 8.07. The number of hydrogen-bond donors (Lipinski definition) is 3. The van der Waals surface area contributed by atoms with Crippen LogP contribution in [0.15, 0.2) is 36.4 Å². The van der Waals surface area contributed by atoms with E-state index in [1.54, 1.807) is 71.0 Å². The van der Waals surface area contributed by atoms with Crippen LogP contribution in [-0.4, -0.2) is 58.6 Å². The van der Waals surface area contributed by atoms with E-state index < -0.39 is 35.6 Å². The van der Waals surface area contributed by atoms with Crippen LogP contribution in [0.1, 0.15) is 49.9 Å². The predicted molar refractivity (Wildman–Crippen MR) is 149 cm³/mol. The number of aryl methyl sites for hydroxylation is 2. The van der Waals surface area contributed by atoms with E-state index in [9.17, 15) is 19.5 Å². The monoisotopic (exact) mass is 549 g/mol. The Morgan fingerprint density at radius 2 is 1.73 bits per heavy atom. The van der Waals surface area contributed by atoms with Gasteiger partial charge >= 0.3 is 6.09 Å². The second-order valence-corrected chi connectivity index (χ2v) is 11.2. The van der Waals surface area contributed by atoms with Crippen molar-refractivity contribution in [3.8, 4) is 5.75 Å². The summed E-state index contributed by atoms with van der Waals surface area (Å²) in [5, 5.41) is 16.7. The lowest BCUT2D eigenvalue weighted by Gasteiger charge is -2.32. The molecule has 0 aliphatic rings. The number of alkyl carbamates (subject to hydrolysis) is 1. The lowest BCUT2D eigenvalue weighted by Crippen LogP contribution is -2.51. The van der Waals surface area contributed by atoms with Crippen molar-refractivity contribution in [3.05, 3.63) is 58.1 Å². The molecule has 0 spiro atoms. The summed E-state index contributed by atoms with van der Waals surface area (Å²) in [7, 11) is 1.47. The highest BCUT2D eigenvalue weighted by molar-refractivity contribution is 7.98. The molecule has 2 atom stereocenters. The fraction of sp³-hybridized carbons (Fsp3) is 0.444. The SMILES string of the molecule is CSCCC(NC(=O)OC(C)(C)C)C(=O)N(C)C(C(=O)Nc1c(C)cccc1Cl)c1cccc(C)c1O. The zero-order chi connectivity index (χ0) is 27.9. The Bertz CT molecular complexity index is 1120. The highest BCUT2D eigenvalue weighted by Gasteiger charge is 2.35. The average Bonchev–Trinajstić information content (AvgIpc) is 2.80. The van der Waals surface area contributed by atoms with Gasteiger partial charge in [0.15, 0.2) is 0 Å². The van der Waals surface area contributed by atoms with Gasteiger partial charge in [-0.2, -0.15) is 11.8 Å². The van der Waals surface area contributed by atoms with Gasteiger partial charge in [0.2, 0.25) is 5.91 Å². The van der Waals surface area contributed by atoms with Crippen LogP contribution < -0.4 is 10.6 Å². The topological polar surface area (TPSA) is 108 Å². The molecule has 2 unspecified atom stereocenters. The molecule has 2 aromatic carbocycles. The largest absolute Gasteiger partial charge is 0.507 e. The van der Waals surface area contributed by atoms with Crippen molar-refractivity contribution in [3.63, 3.8) is 0 Å². The second kappa shape index (κ2) is 13.1. The molecule has 0 aliphatic carbocycles. The molecule has 0 bridgehead atoms. The molecule has 2 aromatic rings. The Balaban J connectivity index is 2.47. The number of phenolic OH excluding ortho intramolecular Hbond substituents is 1. The standard InChI is InChI=1S/C27H36ClN3O5S/c1-16-10-9-13-19(28)21(16)30-24(33)22(18-12-8-11-17(2)23(18)32)31(6)25(34)20(14-15-37-7)29-26(35)36-27(3,4)5/h8-13,20,22,32H,14-15H2,1-7H3,(H,29,35)(H,30,33). The number of likely N-dealkylation sites (N-methyl/N-ethyl adjacent to an activating group) is 1. The Morgan fingerprint density at radius 1 is 1.11 bits per heavy atom. The molecule has 3 N–H and O–H groups in total. The number of aromatic hydroxyl groups is 1. The number of carbonyl (C=O) groups is 3. The number of para-hydroxylation sites is 2. The summed E-state index contributed by atoms with van der Waals surface area (Å²) in [5.41, 5.74) is 1.21. The first-order valence-electron chi connectivity index (χ1n) is 11.9. The van der Waals surface area contributed by atoms with Crippen molar-refractivity contribution in [2.24, 2.45) is 0 Å². The van der Waals surface area contributed by atoms with E-state index in [1.165, 1.54) is 23.7 Å². The van der Waals surface area contributed by atoms with Gasteiger partial charge in [0.25, 0.3) is 5.91 Å². The van der Waals surface area contributed by atoms with E-state index in [0.717, 1.165) is 5.56 Å². The first kappa shape index (κ1) is 30.3. The van der Waals surface area contributed by atoms with E-state index >= 15 is 0 Å². The van der Waals surface area contributed by atoms with Crippen LogP contribution in [0.5, 0.6) is 5.75 Å². The molecule has 3 amide bonds. The van der Waals surface area contributed by atoms with Crippen molar-refractivity contribution in [1.29, 1.82) is 0 Å². The number of halogens is 1. The highest BCUT2D eigenvalue weighted by atomic mass is 35.5. The Labute approximate surface area is 228 Å². The van der Waals surface area contributed by atoms with E-state index in [4.69, 9.17) is 16.3 Å². The number of phenols is 1. The number of nitrogens with zero attached hydrogens (tertiary/aromatic N) is 1. The summed E-state index contributed by atoms with van der Waals surface area (Å²) in [5.74, 6) is -0.574. The summed E-state index contributed by atoms with van der Waals surface area (Å²) in [6.07, 6.45) is 1.49. The van der Waals surface area contributed by atoms with Crippen LogP contribution in [0.25, 0.3) is 0 Å². The fourth-order valence-corrected chi connectivity index (χ4v) is 4.47. The molecule has 0 saturated heterocycles. The summed E-state index contributed by atoms with van der Waals surface area (Å²) < 4.78 is 5.35. The van der Waals surface area contributed by atoms with Crippen LogP contribution in [0.2, 0.25) is 5.02 Å². The van der Waals surface area contributed by atoms with Gasteiger partial charge in [-0.15, -0.1) is 0 Å². The van der Waals surface area contributed by atoms with Gasteiger partial charge < -0.3 is 25.4 Å². The summed E-state index contributed by atoms with van der Waals surface area (Å²) >= 11 is 7.86. The minimum atomic E-state index is -1.21. The molecular formula is C27H36ClN3O5S. The molecule has 0 fully saturated rings. The smallest absolute Gasteiger partial charge is 0.408 e. The zero-order valence-electron chi connectivity index (χ0n) is 22.3. The number of rotatable bonds is 9. The van der Waals surface area contributed by atoms with E-state index in [1.807, 2.05) is 6.26 Å². The van der Waals surface area contributed by atoms with Crippen LogP contribution in [0.3, 0.4) is 0 Å². The molecule has 2 rings (SSSR count). The summed E-state index contributed by atoms with van der Waals surface area (Å²) in [6.45, 7) is 8.71. The van der Waals surface area contributed by atoms with E-state index in [0.29, 0.717) is 28.4 Å². The molecule has 0 aliphatic heterocycles. The van der Waals surface area contributed by atoms with Crippen molar-refractivity contribution in [1.82, 2.24) is 10.2 Å². The zero-order valence-corrected chi connectivity index (χ0v) is 23.9. The molecule has 0 saturated carbocycles. The number of benzene rings is 2. The first-order chi connectivity index (χ1) is 17.3. The van der Waals surface area contributed by atoms with Gasteiger partial charge in [0.1, 0.15) is 23.4 Å². The second-order valence-electron chi connectivity index (χ2n) is 9.77. The Hall–Kier alpha value is -2.91. The van der Waals surface area contributed by atoms with Gasteiger partial charge in [-0.3, -0.25) is 9.59 Å². The van der Waals surface area contributed by atoms with Crippen LogP contribution in [-0.2, 0) is 14.3 Å². The van der Waals surface area contributed by atoms with E-state index in [2.05, 4.69) is 10.6 Å². The number of anilines is 1. The molecule has 0 aromatic heterocycles. The fourth-order valence-electron chi connectivity index (χ4n) is 3.73. The lowest BCUT2D eigenvalue weighted by molar-refractivity contribution is -0.139. The van der Waals surface area contributed by atoms with E-state index in [-0.39, 0.29) is 11.3 Å². The molecule has 37 heavy (non-hydrogen) atoms. The van der Waals surface area contributed by atoms with Gasteiger partial charge in [-0.25, -0.2) is 4.79 Å². The Kier molecular flexibility index (Phi) is 10.7. The average molecular weight is 550 g/mol. The van der Waals surface area contributed by atoms with Gasteiger partial charge in [-0.1, -0.05) is 41.9 Å². The number of carbonyl (C=O) groups excluding carboxylic acids is 3. The lowest BCUT2D eigenvalue weighted by atomic mass is 9.99. The quantitative estimate of drug-likeness (QED) is 0.384. The van der Waals surface area contributed by atoms with Gasteiger partial charge in [0, 0.05) is 12.6 Å². The van der Waals surface area contributed by atoms with Crippen LogP contribution in [0, 0.1) is 13.8 Å². The van der Waals surface area contributed by atoms with Crippen molar-refractivity contribution < 1.29 is 24.2 Å². The molecular weight excluding hydrogens is 514 g/mol. The first-order valence-corrected chi connectivity index (χ1v) is 13.6. The van der Waals surface area contributed by atoms with Crippen LogP contribution in [0.4, 0.5) is 10.5 Å². The predicted octanol–water partition coefficient (Wildman–Crippen LogP) is 5.45. The normalized spacial score (nSPS) is 12.9. The maximum Gasteiger partial charge on any atom is 0.408 e. The molecule has 202 valence electrons. The number of ether oxygens (including phenoxy) is 1. The summed E-state index contributed by atoms with van der Waals surface area (Å²) in [4.78, 5) is 41.1. The minimum absolute atomic E-state index is 0.0982. The molecule has 0 radical (unpaired) electrons. The number of thioether (sulfide) groups is 1. The molecule has 0 heterocycles. The third-order valence-electron chi connectivity index (χ3n) is 5.62. The number of amides is 3. The maximum atomic E-state index is 13.7. The van der Waals surface area contributed by atoms with Crippen LogP contribution >= 0.6 is 23.4 Å². The van der Waals surface area contributed by atoms with Crippen molar-refractivity contribution in [2.45, 2.75) is 58.7 Å². The van der Waals surface area contributed by atoms with Gasteiger partial charge in [-0.05, 0) is 70.2 Å². The third kappa shape index (κ3) is 8.30. The molecule has 8 nitrogen and oxygen atoms in total. The molecule has 10 heteroatoms. The number of nitrogens with one attached hydrogen (secondary N) is 2. The van der Waals surface area contributed by atoms with Gasteiger partial charge in [0.05, 0.1) is 10.7 Å². The van der Waals surface area contributed by atoms with Crippen molar-refractivity contribution >= 4 is 47.0 Å². The minimum Gasteiger partial charge on any atom is -0.507 e. The number of hydrogen-bond acceptors (Lipinski definition) is 6. The van der Waals surface area contributed by atoms with Crippen molar-refractivity contribution in [2.75, 3.05) is 24.4 Å². The third-order valence-corrected chi connectivity index (χ3v) is 6.58. The highest BCUT2D eigenvalue weighted by Crippen LogP contribution is 2.34. The Morgan fingerprint density at radius 3 is 2.32 bits per heavy atom. The maximum absolute atomic E-state index is 13.7.